The van der Waals surface area contributed by atoms with Gasteiger partial charge in [0.2, 0.25) is 5.91 Å². The molecule has 1 aromatic carbocycles. The fraction of sp³-hybridized carbons (Fsp3) is 0.650. The number of amides is 1. The summed E-state index contributed by atoms with van der Waals surface area (Å²) < 4.78 is 14.1. The molecule has 1 amide bonds. The number of hydrogen-bond donors (Lipinski definition) is 2. The highest BCUT2D eigenvalue weighted by Gasteiger charge is 2.35. The van der Waals surface area contributed by atoms with Crippen molar-refractivity contribution >= 4 is 5.91 Å². The minimum absolute atomic E-state index is 0.0459. The number of nitrogens with one attached hydrogen (secondary N) is 2. The Labute approximate surface area is 143 Å². The van der Waals surface area contributed by atoms with E-state index in [-0.39, 0.29) is 17.8 Å². The number of benzene rings is 1. The first-order chi connectivity index (χ1) is 11.6. The van der Waals surface area contributed by atoms with E-state index < -0.39 is 0 Å². The maximum absolute atomic E-state index is 14.1. The summed E-state index contributed by atoms with van der Waals surface area (Å²) in [4.78, 5) is 12.6. The van der Waals surface area contributed by atoms with E-state index in [9.17, 15) is 9.18 Å². The summed E-state index contributed by atoms with van der Waals surface area (Å²) in [6.45, 7) is 2.16. The van der Waals surface area contributed by atoms with Gasteiger partial charge in [-0.3, -0.25) is 4.79 Å². The number of rotatable bonds is 3. The van der Waals surface area contributed by atoms with Crippen molar-refractivity contribution < 1.29 is 9.18 Å². The predicted molar refractivity (Wildman–Crippen MR) is 92.1 cm³/mol. The second-order valence-corrected chi connectivity index (χ2v) is 8.05. The molecule has 3 nitrogen and oxygen atoms in total. The third-order valence-corrected chi connectivity index (χ3v) is 6.27. The van der Waals surface area contributed by atoms with Crippen molar-refractivity contribution in [2.75, 3.05) is 0 Å². The van der Waals surface area contributed by atoms with Gasteiger partial charge in [0, 0.05) is 18.5 Å². The van der Waals surface area contributed by atoms with E-state index in [0.29, 0.717) is 30.3 Å². The zero-order chi connectivity index (χ0) is 16.7. The van der Waals surface area contributed by atoms with Crippen LogP contribution in [-0.4, -0.2) is 18.0 Å². The summed E-state index contributed by atoms with van der Waals surface area (Å²) in [5, 5.41) is 6.85. The van der Waals surface area contributed by atoms with Crippen LogP contribution >= 0.6 is 0 Å². The monoisotopic (exact) mass is 330 g/mol. The van der Waals surface area contributed by atoms with Crippen molar-refractivity contribution in [3.63, 3.8) is 0 Å². The first-order valence-electron chi connectivity index (χ1n) is 9.43. The van der Waals surface area contributed by atoms with E-state index in [0.717, 1.165) is 36.8 Å². The molecule has 4 unspecified atom stereocenters. The molecule has 0 spiro atoms. The lowest BCUT2D eigenvalue weighted by Gasteiger charge is -2.33. The molecule has 4 rings (SSSR count). The van der Waals surface area contributed by atoms with Crippen LogP contribution in [0.15, 0.2) is 18.2 Å². The molecule has 3 aliphatic rings. The Hall–Kier alpha value is -1.42. The summed E-state index contributed by atoms with van der Waals surface area (Å²) in [6.07, 6.45) is 7.07. The number of carbonyl (C=O) groups excluding carboxylic acids is 1. The van der Waals surface area contributed by atoms with Crippen LogP contribution < -0.4 is 10.6 Å². The second kappa shape index (κ2) is 6.47. The Morgan fingerprint density at radius 2 is 2.00 bits per heavy atom. The second-order valence-electron chi connectivity index (χ2n) is 8.05. The van der Waals surface area contributed by atoms with Crippen LogP contribution in [-0.2, 0) is 11.2 Å². The smallest absolute Gasteiger partial charge is 0.220 e. The van der Waals surface area contributed by atoms with Gasteiger partial charge < -0.3 is 10.6 Å². The maximum atomic E-state index is 14.1. The lowest BCUT2D eigenvalue weighted by Crippen LogP contribution is -2.41. The quantitative estimate of drug-likeness (QED) is 0.891. The molecule has 4 heteroatoms. The Morgan fingerprint density at radius 1 is 1.25 bits per heavy atom. The molecule has 0 aromatic heterocycles. The van der Waals surface area contributed by atoms with E-state index >= 15 is 0 Å². The molecule has 0 radical (unpaired) electrons. The van der Waals surface area contributed by atoms with Crippen LogP contribution in [0.2, 0.25) is 0 Å². The number of fused-ring (bicyclic) bond motifs is 3. The van der Waals surface area contributed by atoms with E-state index in [2.05, 4.69) is 17.6 Å². The van der Waals surface area contributed by atoms with Crippen molar-refractivity contribution in [2.24, 2.45) is 11.8 Å². The fourth-order valence-electron chi connectivity index (χ4n) is 5.03. The summed E-state index contributed by atoms with van der Waals surface area (Å²) in [5.41, 5.74) is 1.77. The Morgan fingerprint density at radius 3 is 2.75 bits per heavy atom. The zero-order valence-corrected chi connectivity index (χ0v) is 14.4. The van der Waals surface area contributed by atoms with Crippen molar-refractivity contribution in [1.82, 2.24) is 10.6 Å². The zero-order valence-electron chi connectivity index (χ0n) is 14.4. The van der Waals surface area contributed by atoms with E-state index in [1.165, 1.54) is 18.9 Å². The minimum atomic E-state index is -0.131. The van der Waals surface area contributed by atoms with E-state index in [1.807, 2.05) is 6.07 Å². The molecule has 2 fully saturated rings. The van der Waals surface area contributed by atoms with Gasteiger partial charge in [-0.1, -0.05) is 19.1 Å². The van der Waals surface area contributed by atoms with Gasteiger partial charge in [-0.15, -0.1) is 0 Å². The summed E-state index contributed by atoms with van der Waals surface area (Å²) >= 11 is 0. The van der Waals surface area contributed by atoms with Gasteiger partial charge in [-0.25, -0.2) is 4.39 Å². The van der Waals surface area contributed by atoms with Gasteiger partial charge in [0.1, 0.15) is 5.82 Å². The molecule has 1 aliphatic carbocycles. The van der Waals surface area contributed by atoms with E-state index in [1.54, 1.807) is 6.07 Å². The summed E-state index contributed by atoms with van der Waals surface area (Å²) in [7, 11) is 0. The summed E-state index contributed by atoms with van der Waals surface area (Å²) in [5.74, 6) is 0.853. The van der Waals surface area contributed by atoms with Gasteiger partial charge in [0.05, 0.1) is 6.04 Å². The van der Waals surface area contributed by atoms with Crippen molar-refractivity contribution in [3.8, 4) is 0 Å². The van der Waals surface area contributed by atoms with Crippen molar-refractivity contribution in [3.05, 3.63) is 35.1 Å². The number of hydrogen-bond acceptors (Lipinski definition) is 2. The van der Waals surface area contributed by atoms with Gasteiger partial charge in [0.15, 0.2) is 0 Å². The Bertz CT molecular complexity index is 620. The maximum Gasteiger partial charge on any atom is 0.220 e. The van der Waals surface area contributed by atoms with Gasteiger partial charge >= 0.3 is 0 Å². The van der Waals surface area contributed by atoms with Crippen LogP contribution in [0.25, 0.3) is 0 Å². The predicted octanol–water partition coefficient (Wildman–Crippen LogP) is 3.49. The largest absolute Gasteiger partial charge is 0.349 e. The van der Waals surface area contributed by atoms with Crippen LogP contribution in [0.1, 0.15) is 62.6 Å². The van der Waals surface area contributed by atoms with Gasteiger partial charge in [-0.2, -0.15) is 0 Å². The van der Waals surface area contributed by atoms with Crippen LogP contribution in [0.3, 0.4) is 0 Å². The number of piperidine rings is 1. The molecule has 1 aromatic rings. The molecule has 2 heterocycles. The highest BCUT2D eigenvalue weighted by molar-refractivity contribution is 5.77. The minimum Gasteiger partial charge on any atom is -0.349 e. The molecule has 2 bridgehead atoms. The molecule has 2 saturated heterocycles. The normalized spacial score (nSPS) is 34.7. The molecule has 2 aliphatic heterocycles. The van der Waals surface area contributed by atoms with Crippen LogP contribution in [0, 0.1) is 17.7 Å². The van der Waals surface area contributed by atoms with Gasteiger partial charge in [0.25, 0.3) is 0 Å². The third kappa shape index (κ3) is 3.08. The third-order valence-electron chi connectivity index (χ3n) is 6.27. The lowest BCUT2D eigenvalue weighted by atomic mass is 9.80. The Balaban J connectivity index is 1.43. The fourth-order valence-corrected chi connectivity index (χ4v) is 5.03. The molecule has 130 valence electrons. The molecular formula is C20H27FN2O. The van der Waals surface area contributed by atoms with Crippen LogP contribution in [0.5, 0.6) is 0 Å². The van der Waals surface area contributed by atoms with Gasteiger partial charge in [-0.05, 0) is 67.6 Å². The molecular weight excluding hydrogens is 303 g/mol. The molecule has 4 atom stereocenters. The first-order valence-corrected chi connectivity index (χ1v) is 9.43. The summed E-state index contributed by atoms with van der Waals surface area (Å²) in [6, 6.07) is 6.45. The molecule has 2 N–H and O–H groups in total. The average Bonchev–Trinajstić information content (AvgIpc) is 2.89. The first kappa shape index (κ1) is 16.1. The topological polar surface area (TPSA) is 41.1 Å². The van der Waals surface area contributed by atoms with Crippen molar-refractivity contribution in [1.29, 1.82) is 0 Å². The average molecular weight is 330 g/mol. The molecule has 0 saturated carbocycles. The highest BCUT2D eigenvalue weighted by Crippen LogP contribution is 2.36. The Kier molecular flexibility index (Phi) is 4.33. The molecule has 24 heavy (non-hydrogen) atoms. The number of carbonyl (C=O) groups is 1. The van der Waals surface area contributed by atoms with Crippen molar-refractivity contribution in [2.45, 2.75) is 70.0 Å². The lowest BCUT2D eigenvalue weighted by molar-refractivity contribution is -0.123. The highest BCUT2D eigenvalue weighted by atomic mass is 19.1. The standard InChI is InChI=1S/C20H27FN2O/c1-12-5-8-16-17(3-2-4-18(16)21)20(12)23-19(24)11-13-9-14-6-7-15(10-13)22-14/h2-4,12-15,20,22H,5-11H2,1H3,(H,23,24). The SMILES string of the molecule is CC1CCc2c(F)cccc2C1NC(=O)CC1CC2CCC(C1)N2. The van der Waals surface area contributed by atoms with E-state index in [4.69, 9.17) is 0 Å². The van der Waals surface area contributed by atoms with Crippen LogP contribution in [0.4, 0.5) is 4.39 Å². The number of halogens is 1.